The summed E-state index contributed by atoms with van der Waals surface area (Å²) in [6.45, 7) is 0. The summed E-state index contributed by atoms with van der Waals surface area (Å²) >= 11 is 5.78. The Kier molecular flexibility index (Phi) is 3.45. The van der Waals surface area contributed by atoms with E-state index in [4.69, 9.17) is 21.1 Å². The molecule has 2 heterocycles. The van der Waals surface area contributed by atoms with Crippen LogP contribution in [0.3, 0.4) is 0 Å². The lowest BCUT2D eigenvalue weighted by Crippen LogP contribution is -2.12. The van der Waals surface area contributed by atoms with E-state index in [-0.39, 0.29) is 10.7 Å². The van der Waals surface area contributed by atoms with Gasteiger partial charge in [-0.25, -0.2) is 4.79 Å². The Bertz CT molecular complexity index is 725. The lowest BCUT2D eigenvalue weighted by molar-refractivity contribution is 0.0656. The maximum Gasteiger partial charge on any atom is 0.371 e. The molecule has 0 amide bonds. The minimum absolute atomic E-state index is 0.0671. The van der Waals surface area contributed by atoms with Gasteiger partial charge in [0.25, 0.3) is 10.0 Å². The van der Waals surface area contributed by atoms with E-state index in [9.17, 15) is 13.2 Å². The van der Waals surface area contributed by atoms with Gasteiger partial charge in [-0.2, -0.15) is 8.42 Å². The van der Waals surface area contributed by atoms with E-state index in [0.717, 1.165) is 12.1 Å². The van der Waals surface area contributed by atoms with Crippen LogP contribution in [0.5, 0.6) is 0 Å². The highest BCUT2D eigenvalue weighted by atomic mass is 35.5. The van der Waals surface area contributed by atoms with Crippen LogP contribution in [0.15, 0.2) is 40.1 Å². The Balaban J connectivity index is 2.32. The number of carboxylic acid groups (broad SMARTS) is 1. The van der Waals surface area contributed by atoms with Crippen molar-refractivity contribution in [1.82, 2.24) is 4.98 Å². The fraction of sp³-hybridized carbons (Fsp3) is 0. The van der Waals surface area contributed by atoms with Crippen molar-refractivity contribution in [3.8, 4) is 0 Å². The van der Waals surface area contributed by atoms with Crippen molar-refractivity contribution in [1.29, 1.82) is 0 Å². The Morgan fingerprint density at radius 2 is 2.11 bits per heavy atom. The van der Waals surface area contributed by atoms with Crippen molar-refractivity contribution < 1.29 is 22.7 Å². The average Bonchev–Trinajstić information content (AvgIpc) is 2.82. The van der Waals surface area contributed by atoms with Crippen LogP contribution in [0.25, 0.3) is 0 Å². The number of aromatic carboxylic acids is 1. The number of carbonyl (C=O) groups is 1. The molecule has 0 unspecified atom stereocenters. The molecule has 0 aromatic carbocycles. The quantitative estimate of drug-likeness (QED) is 0.891. The zero-order valence-corrected chi connectivity index (χ0v) is 10.8. The summed E-state index contributed by atoms with van der Waals surface area (Å²) in [5, 5.41) is 8.29. The summed E-state index contributed by atoms with van der Waals surface area (Å²) in [7, 11) is -4.05. The molecule has 9 heteroatoms. The zero-order valence-electron chi connectivity index (χ0n) is 9.20. The maximum atomic E-state index is 11.9. The number of aromatic nitrogens is 1. The molecule has 2 N–H and O–H groups in total. The second kappa shape index (κ2) is 4.90. The zero-order chi connectivity index (χ0) is 14.0. The van der Waals surface area contributed by atoms with E-state index in [1.165, 1.54) is 18.5 Å². The Labute approximate surface area is 112 Å². The highest BCUT2D eigenvalue weighted by Gasteiger charge is 2.21. The fourth-order valence-corrected chi connectivity index (χ4v) is 2.44. The number of halogens is 1. The van der Waals surface area contributed by atoms with Crippen molar-refractivity contribution in [2.75, 3.05) is 4.72 Å². The van der Waals surface area contributed by atoms with E-state index in [0.29, 0.717) is 0 Å². The number of nitrogens with zero attached hydrogens (tertiary/aromatic N) is 1. The Morgan fingerprint density at radius 1 is 1.37 bits per heavy atom. The monoisotopic (exact) mass is 302 g/mol. The minimum atomic E-state index is -4.05. The van der Waals surface area contributed by atoms with E-state index < -0.39 is 26.8 Å². The molecule has 0 radical (unpaired) electrons. The predicted octanol–water partition coefficient (Wildman–Crippen LogP) is 1.83. The first-order valence-corrected chi connectivity index (χ1v) is 6.72. The topological polar surface area (TPSA) is 110 Å². The third-order valence-corrected chi connectivity index (χ3v) is 3.64. The molecule has 0 fully saturated rings. The predicted molar refractivity (Wildman–Crippen MR) is 65.7 cm³/mol. The van der Waals surface area contributed by atoms with Crippen LogP contribution in [0.1, 0.15) is 10.6 Å². The number of rotatable bonds is 4. The molecule has 0 aliphatic heterocycles. The van der Waals surface area contributed by atoms with Gasteiger partial charge in [-0.05, 0) is 18.2 Å². The summed E-state index contributed by atoms with van der Waals surface area (Å²) < 4.78 is 30.7. The second-order valence-corrected chi connectivity index (χ2v) is 5.41. The molecule has 2 aromatic heterocycles. The molecule has 0 saturated heterocycles. The van der Waals surface area contributed by atoms with Gasteiger partial charge in [0.15, 0.2) is 0 Å². The van der Waals surface area contributed by atoms with Gasteiger partial charge in [0.1, 0.15) is 0 Å². The highest BCUT2D eigenvalue weighted by Crippen LogP contribution is 2.23. The van der Waals surface area contributed by atoms with Crippen LogP contribution in [0.4, 0.5) is 5.69 Å². The largest absolute Gasteiger partial charge is 0.475 e. The smallest absolute Gasteiger partial charge is 0.371 e. The molecule has 0 aliphatic rings. The minimum Gasteiger partial charge on any atom is -0.475 e. The van der Waals surface area contributed by atoms with Gasteiger partial charge in [0, 0.05) is 6.20 Å². The SMILES string of the molecule is O=C(O)c1ccc(S(=O)(=O)Nc2cnccc2Cl)o1. The van der Waals surface area contributed by atoms with Crippen LogP contribution in [0.2, 0.25) is 5.02 Å². The number of furan rings is 1. The normalized spacial score (nSPS) is 11.2. The van der Waals surface area contributed by atoms with Gasteiger partial charge in [0.2, 0.25) is 10.9 Å². The number of sulfonamides is 1. The fourth-order valence-electron chi connectivity index (χ4n) is 1.23. The maximum absolute atomic E-state index is 11.9. The van der Waals surface area contributed by atoms with Gasteiger partial charge in [0.05, 0.1) is 16.9 Å². The summed E-state index contributed by atoms with van der Waals surface area (Å²) in [5.41, 5.74) is 0.0671. The summed E-state index contributed by atoms with van der Waals surface area (Å²) in [6.07, 6.45) is 2.62. The summed E-state index contributed by atoms with van der Waals surface area (Å²) in [5.74, 6) is -1.83. The standard InChI is InChI=1S/C10H7ClN2O5S/c11-6-3-4-12-5-7(6)13-19(16,17)9-2-1-8(18-9)10(14)15/h1-5,13H,(H,14,15). The number of carboxylic acids is 1. The third-order valence-electron chi connectivity index (χ3n) is 2.07. The van der Waals surface area contributed by atoms with E-state index in [1.54, 1.807) is 0 Å². The lowest BCUT2D eigenvalue weighted by Gasteiger charge is -2.06. The number of pyridine rings is 1. The van der Waals surface area contributed by atoms with E-state index in [1.807, 2.05) is 0 Å². The Hall–Kier alpha value is -2.06. The summed E-state index contributed by atoms with van der Waals surface area (Å²) in [4.78, 5) is 14.3. The van der Waals surface area contributed by atoms with Crippen LogP contribution in [0, 0.1) is 0 Å². The van der Waals surface area contributed by atoms with Gasteiger partial charge in [-0.15, -0.1) is 0 Å². The Morgan fingerprint density at radius 3 is 2.68 bits per heavy atom. The van der Waals surface area contributed by atoms with Crippen molar-refractivity contribution in [2.24, 2.45) is 0 Å². The molecule has 19 heavy (non-hydrogen) atoms. The molecule has 0 saturated carbocycles. The van der Waals surface area contributed by atoms with Crippen LogP contribution >= 0.6 is 11.6 Å². The van der Waals surface area contributed by atoms with Gasteiger partial charge < -0.3 is 9.52 Å². The van der Waals surface area contributed by atoms with Crippen LogP contribution in [-0.2, 0) is 10.0 Å². The van der Waals surface area contributed by atoms with Crippen molar-refractivity contribution in [3.05, 3.63) is 41.4 Å². The molecule has 100 valence electrons. The van der Waals surface area contributed by atoms with Gasteiger partial charge in [-0.1, -0.05) is 11.6 Å². The molecule has 2 rings (SSSR count). The van der Waals surface area contributed by atoms with Gasteiger partial charge in [-0.3, -0.25) is 9.71 Å². The van der Waals surface area contributed by atoms with Gasteiger partial charge >= 0.3 is 5.97 Å². The van der Waals surface area contributed by atoms with Crippen LogP contribution < -0.4 is 4.72 Å². The number of nitrogens with one attached hydrogen (secondary N) is 1. The molecule has 7 nitrogen and oxygen atoms in total. The van der Waals surface area contributed by atoms with Crippen molar-refractivity contribution in [2.45, 2.75) is 5.09 Å². The summed E-state index contributed by atoms with van der Waals surface area (Å²) in [6, 6.07) is 3.49. The second-order valence-electron chi connectivity index (χ2n) is 3.38. The molecular weight excluding hydrogens is 296 g/mol. The molecule has 0 bridgehead atoms. The van der Waals surface area contributed by atoms with E-state index in [2.05, 4.69) is 9.71 Å². The lowest BCUT2D eigenvalue weighted by atomic mass is 10.4. The van der Waals surface area contributed by atoms with Crippen molar-refractivity contribution in [3.63, 3.8) is 0 Å². The number of hydrogen-bond donors (Lipinski definition) is 2. The molecular formula is C10H7ClN2O5S. The molecule has 0 atom stereocenters. The molecule has 2 aromatic rings. The first kappa shape index (κ1) is 13.4. The number of anilines is 1. The average molecular weight is 303 g/mol. The first-order chi connectivity index (χ1) is 8.90. The van der Waals surface area contributed by atoms with E-state index >= 15 is 0 Å². The first-order valence-electron chi connectivity index (χ1n) is 4.85. The number of hydrogen-bond acceptors (Lipinski definition) is 5. The molecule has 0 spiro atoms. The van der Waals surface area contributed by atoms with Crippen LogP contribution in [-0.4, -0.2) is 24.5 Å². The highest BCUT2D eigenvalue weighted by molar-refractivity contribution is 7.92. The third kappa shape index (κ3) is 2.85. The van der Waals surface area contributed by atoms with Crippen molar-refractivity contribution >= 4 is 33.3 Å². The molecule has 0 aliphatic carbocycles.